The molecule has 1 aromatic rings. The summed E-state index contributed by atoms with van der Waals surface area (Å²) in [5.74, 6) is -0.263. The Labute approximate surface area is 125 Å². The van der Waals surface area contributed by atoms with Crippen LogP contribution < -0.4 is 5.73 Å². The lowest BCUT2D eigenvalue weighted by Crippen LogP contribution is -2.35. The van der Waals surface area contributed by atoms with Gasteiger partial charge >= 0.3 is 0 Å². The quantitative estimate of drug-likeness (QED) is 0.749. The number of benzene rings is 1. The Balaban J connectivity index is 2.84. The van der Waals surface area contributed by atoms with Crippen molar-refractivity contribution >= 4 is 17.2 Å². The van der Waals surface area contributed by atoms with Gasteiger partial charge in [0.25, 0.3) is 0 Å². The van der Waals surface area contributed by atoms with Gasteiger partial charge in [-0.15, -0.1) is 0 Å². The molecule has 0 aliphatic rings. The molecule has 5 heteroatoms. The van der Waals surface area contributed by atoms with Gasteiger partial charge in [-0.2, -0.15) is 0 Å². The lowest BCUT2D eigenvalue weighted by molar-refractivity contribution is 0.117. The van der Waals surface area contributed by atoms with Gasteiger partial charge in [-0.25, -0.2) is 4.39 Å². The van der Waals surface area contributed by atoms with Crippen molar-refractivity contribution in [3.8, 4) is 0 Å². The Kier molecular flexibility index (Phi) is 7.05. The first-order chi connectivity index (χ1) is 9.49. The Morgan fingerprint density at radius 3 is 2.70 bits per heavy atom. The van der Waals surface area contributed by atoms with E-state index in [1.54, 1.807) is 19.2 Å². The van der Waals surface area contributed by atoms with Crippen molar-refractivity contribution in [2.24, 2.45) is 5.73 Å². The molecular formula is C15H23FN2OS. The molecule has 0 amide bonds. The number of halogens is 1. The molecule has 0 saturated heterocycles. The summed E-state index contributed by atoms with van der Waals surface area (Å²) in [6.45, 7) is 6.23. The Bertz CT molecular complexity index is 453. The summed E-state index contributed by atoms with van der Waals surface area (Å²) in [5.41, 5.74) is 6.72. The maximum absolute atomic E-state index is 14.1. The highest BCUT2D eigenvalue weighted by atomic mass is 32.1. The lowest BCUT2D eigenvalue weighted by atomic mass is 10.1. The van der Waals surface area contributed by atoms with Gasteiger partial charge in [0.15, 0.2) is 0 Å². The molecule has 0 spiro atoms. The Morgan fingerprint density at radius 1 is 1.50 bits per heavy atom. The number of hydrogen-bond acceptors (Lipinski definition) is 3. The van der Waals surface area contributed by atoms with Crippen LogP contribution in [0.15, 0.2) is 18.2 Å². The molecule has 1 unspecified atom stereocenters. The topological polar surface area (TPSA) is 38.5 Å². The number of thiocarbonyl (C=S) groups is 1. The maximum Gasteiger partial charge on any atom is 0.128 e. The van der Waals surface area contributed by atoms with Crippen LogP contribution in [0.5, 0.6) is 0 Å². The van der Waals surface area contributed by atoms with Crippen molar-refractivity contribution in [3.05, 3.63) is 35.1 Å². The zero-order valence-corrected chi connectivity index (χ0v) is 13.2. The number of rotatable bonds is 8. The molecule has 0 bridgehead atoms. The third-order valence-electron chi connectivity index (χ3n) is 3.51. The van der Waals surface area contributed by atoms with Crippen molar-refractivity contribution in [3.63, 3.8) is 0 Å². The first-order valence-electron chi connectivity index (χ1n) is 6.80. The molecular weight excluding hydrogens is 275 g/mol. The summed E-state index contributed by atoms with van der Waals surface area (Å²) in [7, 11) is 1.67. The third kappa shape index (κ3) is 4.81. The molecule has 0 saturated carbocycles. The fourth-order valence-corrected chi connectivity index (χ4v) is 2.10. The van der Waals surface area contributed by atoms with E-state index in [9.17, 15) is 4.39 Å². The van der Waals surface area contributed by atoms with E-state index in [2.05, 4.69) is 18.7 Å². The van der Waals surface area contributed by atoms with Crippen molar-refractivity contribution in [1.82, 2.24) is 4.90 Å². The van der Waals surface area contributed by atoms with Gasteiger partial charge in [-0.1, -0.05) is 31.3 Å². The van der Waals surface area contributed by atoms with Crippen LogP contribution >= 0.6 is 12.2 Å². The minimum absolute atomic E-state index is 0.216. The molecule has 1 atom stereocenters. The normalized spacial score (nSPS) is 12.7. The summed E-state index contributed by atoms with van der Waals surface area (Å²) in [5, 5.41) is 0. The summed E-state index contributed by atoms with van der Waals surface area (Å²) >= 11 is 4.85. The predicted molar refractivity (Wildman–Crippen MR) is 84.3 cm³/mol. The van der Waals surface area contributed by atoms with Gasteiger partial charge in [0.2, 0.25) is 0 Å². The zero-order valence-electron chi connectivity index (χ0n) is 12.4. The summed E-state index contributed by atoms with van der Waals surface area (Å²) in [4.78, 5) is 2.43. The van der Waals surface area contributed by atoms with Gasteiger partial charge in [0.1, 0.15) is 10.8 Å². The van der Waals surface area contributed by atoms with E-state index < -0.39 is 0 Å². The molecule has 2 N–H and O–H groups in total. The van der Waals surface area contributed by atoms with Crippen molar-refractivity contribution in [1.29, 1.82) is 0 Å². The molecule has 3 nitrogen and oxygen atoms in total. The fourth-order valence-electron chi connectivity index (χ4n) is 1.97. The first-order valence-corrected chi connectivity index (χ1v) is 7.21. The minimum Gasteiger partial charge on any atom is -0.389 e. The van der Waals surface area contributed by atoms with Crippen molar-refractivity contribution in [2.45, 2.75) is 32.9 Å². The van der Waals surface area contributed by atoms with Crippen LogP contribution in [0.2, 0.25) is 0 Å². The number of methoxy groups -OCH3 is 1. The molecule has 0 aliphatic heterocycles. The standard InChI is InChI=1S/C15H23FN2OS/c1-4-11(2)18(7-8-19-3)10-13-6-5-12(15(17)20)9-14(13)16/h5-6,9,11H,4,7-8,10H2,1-3H3,(H2,17,20). The summed E-state index contributed by atoms with van der Waals surface area (Å²) < 4.78 is 19.2. The highest BCUT2D eigenvalue weighted by molar-refractivity contribution is 7.80. The Hall–Kier alpha value is -1.04. The molecule has 0 radical (unpaired) electrons. The molecule has 20 heavy (non-hydrogen) atoms. The molecule has 0 heterocycles. The summed E-state index contributed by atoms with van der Waals surface area (Å²) in [6, 6.07) is 5.31. The average Bonchev–Trinajstić information content (AvgIpc) is 2.43. The van der Waals surface area contributed by atoms with Crippen LogP contribution in [-0.2, 0) is 11.3 Å². The fraction of sp³-hybridized carbons (Fsp3) is 0.533. The Morgan fingerprint density at radius 2 is 2.20 bits per heavy atom. The van der Waals surface area contributed by atoms with Crippen LogP contribution in [0.25, 0.3) is 0 Å². The summed E-state index contributed by atoms with van der Waals surface area (Å²) in [6.07, 6.45) is 1.01. The lowest BCUT2D eigenvalue weighted by Gasteiger charge is -2.28. The zero-order chi connectivity index (χ0) is 15.1. The molecule has 0 fully saturated rings. The van der Waals surface area contributed by atoms with Crippen LogP contribution in [-0.4, -0.2) is 36.2 Å². The predicted octanol–water partition coefficient (Wildman–Crippen LogP) is 2.71. The molecule has 1 rings (SSSR count). The second-order valence-electron chi connectivity index (χ2n) is 4.89. The van der Waals surface area contributed by atoms with E-state index in [1.165, 1.54) is 6.07 Å². The van der Waals surface area contributed by atoms with E-state index in [-0.39, 0.29) is 10.8 Å². The largest absolute Gasteiger partial charge is 0.389 e. The van der Waals surface area contributed by atoms with Gasteiger partial charge in [0, 0.05) is 37.4 Å². The minimum atomic E-state index is -0.263. The van der Waals surface area contributed by atoms with Gasteiger partial charge in [0.05, 0.1) is 6.61 Å². The van der Waals surface area contributed by atoms with Crippen molar-refractivity contribution < 1.29 is 9.13 Å². The van der Waals surface area contributed by atoms with Crippen LogP contribution in [0.3, 0.4) is 0 Å². The van der Waals surface area contributed by atoms with Gasteiger partial charge < -0.3 is 10.5 Å². The number of nitrogens with zero attached hydrogens (tertiary/aromatic N) is 1. The van der Waals surface area contributed by atoms with Crippen LogP contribution in [0, 0.1) is 5.82 Å². The number of hydrogen-bond donors (Lipinski definition) is 1. The van der Waals surface area contributed by atoms with E-state index in [4.69, 9.17) is 22.7 Å². The van der Waals surface area contributed by atoms with E-state index in [0.29, 0.717) is 30.3 Å². The highest BCUT2D eigenvalue weighted by Gasteiger charge is 2.15. The third-order valence-corrected chi connectivity index (χ3v) is 3.74. The van der Waals surface area contributed by atoms with E-state index in [1.807, 2.05) is 0 Å². The smallest absolute Gasteiger partial charge is 0.128 e. The average molecular weight is 298 g/mol. The molecule has 0 aromatic heterocycles. The number of ether oxygens (including phenoxy) is 1. The van der Waals surface area contributed by atoms with Crippen LogP contribution in [0.1, 0.15) is 31.4 Å². The van der Waals surface area contributed by atoms with E-state index >= 15 is 0 Å². The maximum atomic E-state index is 14.1. The van der Waals surface area contributed by atoms with E-state index in [0.717, 1.165) is 13.0 Å². The van der Waals surface area contributed by atoms with Crippen LogP contribution in [0.4, 0.5) is 4.39 Å². The molecule has 112 valence electrons. The SMILES string of the molecule is CCC(C)N(CCOC)Cc1ccc(C(N)=S)cc1F. The molecule has 0 aliphatic carbocycles. The molecule has 1 aromatic carbocycles. The van der Waals surface area contributed by atoms with Gasteiger partial charge in [-0.3, -0.25) is 4.90 Å². The monoisotopic (exact) mass is 298 g/mol. The second-order valence-corrected chi connectivity index (χ2v) is 5.33. The highest BCUT2D eigenvalue weighted by Crippen LogP contribution is 2.15. The van der Waals surface area contributed by atoms with Crippen molar-refractivity contribution in [2.75, 3.05) is 20.3 Å². The second kappa shape index (κ2) is 8.29. The number of nitrogens with two attached hydrogens (primary N) is 1. The van der Waals surface area contributed by atoms with Gasteiger partial charge in [-0.05, 0) is 19.4 Å². The first kappa shape index (κ1) is 17.0.